The molecular formula is C25H23N5O2. The number of benzene rings is 3. The van der Waals surface area contributed by atoms with Gasteiger partial charge in [0.15, 0.2) is 0 Å². The molecule has 0 saturated carbocycles. The number of carbonyl (C=O) groups is 2. The van der Waals surface area contributed by atoms with Gasteiger partial charge in [0, 0.05) is 11.1 Å². The molecule has 0 radical (unpaired) electrons. The zero-order chi connectivity index (χ0) is 22.7. The molecular weight excluding hydrogens is 402 g/mol. The van der Waals surface area contributed by atoms with E-state index in [9.17, 15) is 9.59 Å². The molecule has 0 saturated heterocycles. The van der Waals surface area contributed by atoms with E-state index in [2.05, 4.69) is 20.7 Å². The van der Waals surface area contributed by atoms with Crippen molar-refractivity contribution in [2.24, 2.45) is 0 Å². The first-order valence-electron chi connectivity index (χ1n) is 10.2. The Morgan fingerprint density at radius 2 is 1.25 bits per heavy atom. The van der Waals surface area contributed by atoms with Crippen molar-refractivity contribution < 1.29 is 9.59 Å². The molecule has 0 aliphatic carbocycles. The van der Waals surface area contributed by atoms with E-state index in [4.69, 9.17) is 0 Å². The lowest BCUT2D eigenvalue weighted by molar-refractivity contribution is 0.101. The summed E-state index contributed by atoms with van der Waals surface area (Å²) in [5.41, 5.74) is 4.56. The highest BCUT2D eigenvalue weighted by Gasteiger charge is 2.18. The lowest BCUT2D eigenvalue weighted by Gasteiger charge is -2.09. The van der Waals surface area contributed by atoms with Gasteiger partial charge >= 0.3 is 0 Å². The van der Waals surface area contributed by atoms with E-state index in [1.54, 1.807) is 24.3 Å². The Morgan fingerprint density at radius 1 is 0.719 bits per heavy atom. The fourth-order valence-electron chi connectivity index (χ4n) is 3.31. The molecule has 0 aliphatic heterocycles. The average molecular weight is 425 g/mol. The van der Waals surface area contributed by atoms with E-state index >= 15 is 0 Å². The number of rotatable bonds is 5. The number of carbonyl (C=O) groups excluding carboxylic acids is 2. The van der Waals surface area contributed by atoms with Crippen molar-refractivity contribution in [1.82, 2.24) is 14.8 Å². The molecule has 1 aromatic heterocycles. The molecule has 7 heteroatoms. The summed E-state index contributed by atoms with van der Waals surface area (Å²) >= 11 is 0. The number of aromatic nitrogens is 3. The molecule has 4 aromatic rings. The highest BCUT2D eigenvalue weighted by Crippen LogP contribution is 2.19. The van der Waals surface area contributed by atoms with Crippen molar-refractivity contribution in [3.8, 4) is 5.69 Å². The Balaban J connectivity index is 1.68. The molecule has 3 aromatic carbocycles. The monoisotopic (exact) mass is 425 g/mol. The van der Waals surface area contributed by atoms with Crippen LogP contribution in [0.5, 0.6) is 0 Å². The van der Waals surface area contributed by atoms with Gasteiger partial charge in [-0.1, -0.05) is 54.1 Å². The highest BCUT2D eigenvalue weighted by atomic mass is 16.2. The van der Waals surface area contributed by atoms with E-state index in [0.717, 1.165) is 16.7 Å². The number of nitrogens with one attached hydrogen (secondary N) is 2. The molecule has 0 atom stereocenters. The molecule has 1 heterocycles. The topological polar surface area (TPSA) is 88.9 Å². The Bertz CT molecular complexity index is 1290. The first kappa shape index (κ1) is 21.0. The van der Waals surface area contributed by atoms with E-state index < -0.39 is 0 Å². The van der Waals surface area contributed by atoms with Crippen molar-refractivity contribution in [2.45, 2.75) is 20.8 Å². The average Bonchev–Trinajstić information content (AvgIpc) is 3.16. The zero-order valence-corrected chi connectivity index (χ0v) is 18.1. The third-order valence-corrected chi connectivity index (χ3v) is 5.12. The smallest absolute Gasteiger partial charge is 0.258 e. The fourth-order valence-corrected chi connectivity index (χ4v) is 3.31. The maximum atomic E-state index is 12.9. The van der Waals surface area contributed by atoms with E-state index in [1.165, 1.54) is 4.68 Å². The molecule has 32 heavy (non-hydrogen) atoms. The standard InChI is InChI=1S/C25H23N5O2/c1-16-12-14-19(15-13-16)30-25(27-23(32)21-11-7-5-9-18(21)3)28-24(29-30)26-22(31)20-10-6-4-8-17(20)2/h4-15H,1-3H3,(H2,26,27,28,29,31,32). The SMILES string of the molecule is Cc1ccc(-n2nc(NC(=O)c3ccccc3C)nc2NC(=O)c2ccccc2C)cc1. The van der Waals surface area contributed by atoms with Crippen molar-refractivity contribution in [3.05, 3.63) is 101 Å². The first-order valence-corrected chi connectivity index (χ1v) is 10.2. The lowest BCUT2D eigenvalue weighted by atomic mass is 10.1. The van der Waals surface area contributed by atoms with Gasteiger partial charge in [-0.2, -0.15) is 9.67 Å². The maximum Gasteiger partial charge on any atom is 0.258 e. The van der Waals surface area contributed by atoms with Crippen LogP contribution in [0.2, 0.25) is 0 Å². The van der Waals surface area contributed by atoms with Crippen LogP contribution < -0.4 is 10.6 Å². The summed E-state index contributed by atoms with van der Waals surface area (Å²) in [5, 5.41) is 9.99. The summed E-state index contributed by atoms with van der Waals surface area (Å²) in [4.78, 5) is 30.0. The van der Waals surface area contributed by atoms with E-state index in [-0.39, 0.29) is 23.7 Å². The second-order valence-corrected chi connectivity index (χ2v) is 7.54. The number of anilines is 2. The Morgan fingerprint density at radius 3 is 1.81 bits per heavy atom. The summed E-state index contributed by atoms with van der Waals surface area (Å²) in [6.45, 7) is 5.72. The molecule has 160 valence electrons. The third-order valence-electron chi connectivity index (χ3n) is 5.12. The van der Waals surface area contributed by atoms with Crippen LogP contribution in [0.4, 0.5) is 11.9 Å². The van der Waals surface area contributed by atoms with Gasteiger partial charge in [0.25, 0.3) is 17.8 Å². The van der Waals surface area contributed by atoms with Gasteiger partial charge in [0.2, 0.25) is 5.95 Å². The van der Waals surface area contributed by atoms with Crippen LogP contribution in [0, 0.1) is 20.8 Å². The molecule has 0 aliphatic rings. The second-order valence-electron chi connectivity index (χ2n) is 7.54. The van der Waals surface area contributed by atoms with E-state index in [0.29, 0.717) is 16.8 Å². The molecule has 7 nitrogen and oxygen atoms in total. The van der Waals surface area contributed by atoms with Crippen molar-refractivity contribution in [2.75, 3.05) is 10.6 Å². The quantitative estimate of drug-likeness (QED) is 0.485. The number of hydrogen-bond donors (Lipinski definition) is 2. The van der Waals surface area contributed by atoms with Gasteiger partial charge in [0.05, 0.1) is 5.69 Å². The summed E-state index contributed by atoms with van der Waals surface area (Å²) < 4.78 is 1.50. The summed E-state index contributed by atoms with van der Waals surface area (Å²) in [5.74, 6) is -0.317. The molecule has 0 unspecified atom stereocenters. The number of nitrogens with zero attached hydrogens (tertiary/aromatic N) is 3. The number of amides is 2. The molecule has 0 fully saturated rings. The summed E-state index contributed by atoms with van der Waals surface area (Å²) in [7, 11) is 0. The Hall–Kier alpha value is -4.26. The van der Waals surface area contributed by atoms with Crippen molar-refractivity contribution >= 4 is 23.7 Å². The van der Waals surface area contributed by atoms with Crippen LogP contribution >= 0.6 is 0 Å². The Kier molecular flexibility index (Phi) is 5.81. The minimum atomic E-state index is -0.319. The van der Waals surface area contributed by atoms with Gasteiger partial charge in [-0.25, -0.2) is 0 Å². The van der Waals surface area contributed by atoms with E-state index in [1.807, 2.05) is 69.3 Å². The summed E-state index contributed by atoms with van der Waals surface area (Å²) in [6.07, 6.45) is 0. The van der Waals surface area contributed by atoms with Crippen LogP contribution in [0.1, 0.15) is 37.4 Å². The van der Waals surface area contributed by atoms with Gasteiger partial charge in [-0.05, 0) is 56.2 Å². The summed E-state index contributed by atoms with van der Waals surface area (Å²) in [6, 6.07) is 22.2. The minimum Gasteiger partial charge on any atom is -0.290 e. The van der Waals surface area contributed by atoms with Gasteiger partial charge < -0.3 is 0 Å². The Labute approximate surface area is 186 Å². The number of aryl methyl sites for hydroxylation is 3. The van der Waals surface area contributed by atoms with Crippen LogP contribution in [-0.4, -0.2) is 26.6 Å². The van der Waals surface area contributed by atoms with Gasteiger partial charge in [-0.3, -0.25) is 20.2 Å². The molecule has 0 spiro atoms. The van der Waals surface area contributed by atoms with Crippen molar-refractivity contribution in [3.63, 3.8) is 0 Å². The van der Waals surface area contributed by atoms with Crippen LogP contribution in [0.15, 0.2) is 72.8 Å². The van der Waals surface area contributed by atoms with Crippen LogP contribution in [-0.2, 0) is 0 Å². The molecule has 2 amide bonds. The zero-order valence-electron chi connectivity index (χ0n) is 18.1. The molecule has 2 N–H and O–H groups in total. The normalized spacial score (nSPS) is 10.6. The van der Waals surface area contributed by atoms with Gasteiger partial charge in [-0.15, -0.1) is 5.10 Å². The largest absolute Gasteiger partial charge is 0.290 e. The maximum absolute atomic E-state index is 12.9. The molecule has 4 rings (SSSR count). The lowest BCUT2D eigenvalue weighted by Crippen LogP contribution is -2.17. The number of hydrogen-bond acceptors (Lipinski definition) is 4. The fraction of sp³-hybridized carbons (Fsp3) is 0.120. The van der Waals surface area contributed by atoms with Crippen molar-refractivity contribution in [1.29, 1.82) is 0 Å². The molecule has 0 bridgehead atoms. The van der Waals surface area contributed by atoms with Crippen LogP contribution in [0.3, 0.4) is 0 Å². The van der Waals surface area contributed by atoms with Gasteiger partial charge in [0.1, 0.15) is 0 Å². The predicted molar refractivity (Wildman–Crippen MR) is 124 cm³/mol. The predicted octanol–water partition coefficient (Wildman–Crippen LogP) is 4.70. The second kappa shape index (κ2) is 8.85. The highest BCUT2D eigenvalue weighted by molar-refractivity contribution is 6.06. The van der Waals surface area contributed by atoms with Crippen LogP contribution in [0.25, 0.3) is 5.69 Å². The minimum absolute atomic E-state index is 0.0962. The third kappa shape index (κ3) is 4.41. The first-order chi connectivity index (χ1) is 15.4.